The van der Waals surface area contributed by atoms with Gasteiger partial charge in [0, 0.05) is 37.9 Å². The zero-order valence-corrected chi connectivity index (χ0v) is 15.1. The van der Waals surface area contributed by atoms with Crippen molar-refractivity contribution in [2.24, 2.45) is 0 Å². The van der Waals surface area contributed by atoms with Gasteiger partial charge in [-0.25, -0.2) is 18.6 Å². The van der Waals surface area contributed by atoms with Crippen molar-refractivity contribution in [3.8, 4) is 0 Å². The highest BCUT2D eigenvalue weighted by Crippen LogP contribution is 2.20. The van der Waals surface area contributed by atoms with Gasteiger partial charge in [0.15, 0.2) is 0 Å². The molecule has 0 radical (unpaired) electrons. The zero-order chi connectivity index (χ0) is 19.2. The van der Waals surface area contributed by atoms with Gasteiger partial charge in [-0.1, -0.05) is 6.07 Å². The molecule has 3 rings (SSSR count). The van der Waals surface area contributed by atoms with Crippen molar-refractivity contribution in [2.75, 3.05) is 41.7 Å². The molecule has 2 aromatic rings. The highest BCUT2D eigenvalue weighted by molar-refractivity contribution is 5.89. The second kappa shape index (κ2) is 8.61. The number of hydrogen-bond acceptors (Lipinski definition) is 5. The molecule has 1 aromatic carbocycles. The molecule has 144 valence electrons. The van der Waals surface area contributed by atoms with Crippen LogP contribution in [-0.4, -0.2) is 42.2 Å². The van der Waals surface area contributed by atoms with Crippen LogP contribution >= 0.6 is 0 Å². The fraction of sp³-hybridized carbons (Fsp3) is 0.389. The normalized spacial score (nSPS) is 13.5. The first-order valence-electron chi connectivity index (χ1n) is 8.86. The molecule has 1 aliphatic heterocycles. The maximum absolute atomic E-state index is 13.5. The van der Waals surface area contributed by atoms with Gasteiger partial charge in [0.2, 0.25) is 5.95 Å². The number of hydrogen-bond donors (Lipinski definition) is 3. The number of aryl methyl sites for hydroxylation is 1. The van der Waals surface area contributed by atoms with E-state index in [9.17, 15) is 13.6 Å². The van der Waals surface area contributed by atoms with Crippen LogP contribution in [0.1, 0.15) is 18.5 Å². The number of nitrogens with one attached hydrogen (secondary N) is 3. The van der Waals surface area contributed by atoms with Crippen molar-refractivity contribution in [3.05, 3.63) is 41.6 Å². The predicted octanol–water partition coefficient (Wildman–Crippen LogP) is 2.90. The number of amides is 2. The van der Waals surface area contributed by atoms with Gasteiger partial charge in [0.05, 0.1) is 0 Å². The summed E-state index contributed by atoms with van der Waals surface area (Å²) in [5.41, 5.74) is 0.385. The van der Waals surface area contributed by atoms with E-state index in [1.165, 1.54) is 6.07 Å². The molecular weight excluding hydrogens is 354 g/mol. The Kier molecular flexibility index (Phi) is 6.00. The van der Waals surface area contributed by atoms with Crippen LogP contribution in [0.2, 0.25) is 0 Å². The van der Waals surface area contributed by atoms with Crippen molar-refractivity contribution in [3.63, 3.8) is 0 Å². The number of aromatic nitrogens is 2. The van der Waals surface area contributed by atoms with Crippen LogP contribution in [-0.2, 0) is 0 Å². The highest BCUT2D eigenvalue weighted by Gasteiger charge is 2.15. The summed E-state index contributed by atoms with van der Waals surface area (Å²) in [5.74, 6) is -0.278. The topological polar surface area (TPSA) is 82.2 Å². The van der Waals surface area contributed by atoms with Crippen LogP contribution in [0.15, 0.2) is 24.3 Å². The SMILES string of the molecule is Cc1cc(N2CCCC2)nc(NCCNC(=O)Nc2c(F)cccc2F)n1. The number of carbonyl (C=O) groups excluding carboxylic acids is 1. The van der Waals surface area contributed by atoms with E-state index in [2.05, 4.69) is 30.8 Å². The van der Waals surface area contributed by atoms with Crippen molar-refractivity contribution in [1.29, 1.82) is 0 Å². The summed E-state index contributed by atoms with van der Waals surface area (Å²) in [7, 11) is 0. The number of carbonyl (C=O) groups is 1. The first-order valence-corrected chi connectivity index (χ1v) is 8.86. The third kappa shape index (κ3) is 5.02. The average Bonchev–Trinajstić information content (AvgIpc) is 3.16. The third-order valence-electron chi connectivity index (χ3n) is 4.17. The molecule has 27 heavy (non-hydrogen) atoms. The summed E-state index contributed by atoms with van der Waals surface area (Å²) in [4.78, 5) is 22.8. The lowest BCUT2D eigenvalue weighted by Crippen LogP contribution is -2.33. The van der Waals surface area contributed by atoms with E-state index in [4.69, 9.17) is 0 Å². The van der Waals surface area contributed by atoms with Crippen molar-refractivity contribution >= 4 is 23.5 Å². The standard InChI is InChI=1S/C18H22F2N6O/c1-12-11-15(26-9-2-3-10-26)24-17(23-12)21-7-8-22-18(27)25-16-13(19)5-4-6-14(16)20/h4-6,11H,2-3,7-10H2,1H3,(H,21,23,24)(H2,22,25,27). The molecule has 1 aliphatic rings. The molecule has 7 nitrogen and oxygen atoms in total. The minimum absolute atomic E-state index is 0.234. The van der Waals surface area contributed by atoms with Crippen LogP contribution in [0.4, 0.5) is 31.0 Å². The molecule has 0 unspecified atom stereocenters. The molecule has 2 amide bonds. The predicted molar refractivity (Wildman–Crippen MR) is 100 cm³/mol. The molecule has 2 heterocycles. The first-order chi connectivity index (χ1) is 13.0. The van der Waals surface area contributed by atoms with Crippen LogP contribution in [0, 0.1) is 18.6 Å². The Bertz CT molecular complexity index is 790. The summed E-state index contributed by atoms with van der Waals surface area (Å²) >= 11 is 0. The summed E-state index contributed by atoms with van der Waals surface area (Å²) in [5, 5.41) is 7.75. The molecular formula is C18H22F2N6O. The Labute approximate surface area is 156 Å². The number of urea groups is 1. The highest BCUT2D eigenvalue weighted by atomic mass is 19.1. The number of halogens is 2. The second-order valence-electron chi connectivity index (χ2n) is 6.29. The van der Waals surface area contributed by atoms with E-state index < -0.39 is 23.4 Å². The molecule has 1 fully saturated rings. The van der Waals surface area contributed by atoms with Gasteiger partial charge in [-0.2, -0.15) is 4.98 Å². The van der Waals surface area contributed by atoms with Crippen LogP contribution in [0.5, 0.6) is 0 Å². The minimum Gasteiger partial charge on any atom is -0.356 e. The fourth-order valence-corrected chi connectivity index (χ4v) is 2.86. The Balaban J connectivity index is 1.48. The smallest absolute Gasteiger partial charge is 0.319 e. The third-order valence-corrected chi connectivity index (χ3v) is 4.17. The summed E-state index contributed by atoms with van der Waals surface area (Å²) < 4.78 is 27.0. The Morgan fingerprint density at radius 1 is 1.15 bits per heavy atom. The average molecular weight is 376 g/mol. The van der Waals surface area contributed by atoms with E-state index in [0.29, 0.717) is 12.5 Å². The van der Waals surface area contributed by atoms with Crippen molar-refractivity contribution < 1.29 is 13.6 Å². The van der Waals surface area contributed by atoms with Gasteiger partial charge in [-0.05, 0) is 31.9 Å². The number of nitrogens with zero attached hydrogens (tertiary/aromatic N) is 3. The van der Waals surface area contributed by atoms with Crippen LogP contribution in [0.3, 0.4) is 0 Å². The summed E-state index contributed by atoms with van der Waals surface area (Å²) in [6, 6.07) is 4.64. The molecule has 1 aromatic heterocycles. The van der Waals surface area contributed by atoms with E-state index in [1.54, 1.807) is 0 Å². The molecule has 0 saturated carbocycles. The van der Waals surface area contributed by atoms with Crippen LogP contribution in [0.25, 0.3) is 0 Å². The van der Waals surface area contributed by atoms with Gasteiger partial charge in [0.25, 0.3) is 0 Å². The van der Waals surface area contributed by atoms with E-state index in [1.807, 2.05) is 13.0 Å². The van der Waals surface area contributed by atoms with Crippen LogP contribution < -0.4 is 20.9 Å². The van der Waals surface area contributed by atoms with Gasteiger partial charge < -0.3 is 20.9 Å². The fourth-order valence-electron chi connectivity index (χ4n) is 2.86. The van der Waals surface area contributed by atoms with Gasteiger partial charge in [-0.15, -0.1) is 0 Å². The summed E-state index contributed by atoms with van der Waals surface area (Å²) in [6.07, 6.45) is 2.32. The lowest BCUT2D eigenvalue weighted by Gasteiger charge is -2.17. The largest absolute Gasteiger partial charge is 0.356 e. The zero-order valence-electron chi connectivity index (χ0n) is 15.1. The first kappa shape index (κ1) is 18.8. The van der Waals surface area contributed by atoms with Gasteiger partial charge in [-0.3, -0.25) is 0 Å². The Hall–Kier alpha value is -2.97. The molecule has 3 N–H and O–H groups in total. The lowest BCUT2D eigenvalue weighted by atomic mass is 10.3. The quantitative estimate of drug-likeness (QED) is 0.676. The number of rotatable bonds is 6. The maximum Gasteiger partial charge on any atom is 0.319 e. The molecule has 0 spiro atoms. The number of benzene rings is 1. The monoisotopic (exact) mass is 376 g/mol. The van der Waals surface area contributed by atoms with E-state index in [0.717, 1.165) is 49.6 Å². The molecule has 1 saturated heterocycles. The Morgan fingerprint density at radius 2 is 1.85 bits per heavy atom. The number of anilines is 3. The van der Waals surface area contributed by atoms with E-state index in [-0.39, 0.29) is 6.54 Å². The maximum atomic E-state index is 13.5. The van der Waals surface area contributed by atoms with Crippen molar-refractivity contribution in [1.82, 2.24) is 15.3 Å². The molecule has 0 aliphatic carbocycles. The Morgan fingerprint density at radius 3 is 2.56 bits per heavy atom. The van der Waals surface area contributed by atoms with E-state index >= 15 is 0 Å². The molecule has 0 bridgehead atoms. The van der Waals surface area contributed by atoms with Gasteiger partial charge >= 0.3 is 6.03 Å². The second-order valence-corrected chi connectivity index (χ2v) is 6.29. The molecule has 0 atom stereocenters. The van der Waals surface area contributed by atoms with Gasteiger partial charge in [0.1, 0.15) is 23.1 Å². The number of para-hydroxylation sites is 1. The lowest BCUT2D eigenvalue weighted by molar-refractivity contribution is 0.252. The summed E-state index contributed by atoms with van der Waals surface area (Å²) in [6.45, 7) is 4.49. The minimum atomic E-state index is -0.828. The molecule has 9 heteroatoms. The van der Waals surface area contributed by atoms with Crippen molar-refractivity contribution in [2.45, 2.75) is 19.8 Å².